The zero-order valence-electron chi connectivity index (χ0n) is 20.5. The van der Waals surface area contributed by atoms with Gasteiger partial charge in [-0.3, -0.25) is 9.69 Å². The quantitative estimate of drug-likeness (QED) is 0.550. The molecule has 3 aromatic rings. The molecule has 1 fully saturated rings. The minimum Gasteiger partial charge on any atom is -0.352 e. The first-order valence-corrected chi connectivity index (χ1v) is 11.7. The molecule has 0 bridgehead atoms. The third-order valence-corrected chi connectivity index (χ3v) is 6.05. The SMILES string of the molecule is CC(C)Nc1nccc(N(C(=O)c2ccc3ccccc3c2)C2CC(C)(C)NC(C)(C)C2)n1. The molecule has 1 aromatic heterocycles. The summed E-state index contributed by atoms with van der Waals surface area (Å²) in [6, 6.07) is 16.1. The van der Waals surface area contributed by atoms with E-state index >= 15 is 0 Å². The standard InChI is InChI=1S/C27H35N5O/c1-18(2)29-25-28-14-13-23(30-25)32(22-16-26(3,4)31-27(5,6)17-22)24(33)21-12-11-19-9-7-8-10-20(19)15-21/h7-15,18,22,31H,16-17H2,1-6H3,(H,28,29,30). The molecule has 33 heavy (non-hydrogen) atoms. The largest absolute Gasteiger partial charge is 0.352 e. The van der Waals surface area contributed by atoms with Gasteiger partial charge in [0, 0.05) is 34.9 Å². The molecule has 2 aromatic carbocycles. The smallest absolute Gasteiger partial charge is 0.259 e. The summed E-state index contributed by atoms with van der Waals surface area (Å²) >= 11 is 0. The van der Waals surface area contributed by atoms with Gasteiger partial charge < -0.3 is 10.6 Å². The average Bonchev–Trinajstić information content (AvgIpc) is 2.71. The normalized spacial score (nSPS) is 17.8. The Morgan fingerprint density at radius 2 is 1.70 bits per heavy atom. The van der Waals surface area contributed by atoms with E-state index in [-0.39, 0.29) is 29.1 Å². The maximum atomic E-state index is 14.1. The summed E-state index contributed by atoms with van der Waals surface area (Å²) in [7, 11) is 0. The molecule has 2 heterocycles. The molecule has 0 atom stereocenters. The molecule has 6 heteroatoms. The summed E-state index contributed by atoms with van der Waals surface area (Å²) in [5, 5.41) is 9.17. The maximum Gasteiger partial charge on any atom is 0.259 e. The number of carbonyl (C=O) groups is 1. The number of piperidine rings is 1. The van der Waals surface area contributed by atoms with Gasteiger partial charge in [-0.25, -0.2) is 4.98 Å². The zero-order valence-corrected chi connectivity index (χ0v) is 20.5. The first-order valence-electron chi connectivity index (χ1n) is 11.7. The van der Waals surface area contributed by atoms with Crippen LogP contribution in [0.2, 0.25) is 0 Å². The van der Waals surface area contributed by atoms with Gasteiger partial charge >= 0.3 is 0 Å². The lowest BCUT2D eigenvalue weighted by Gasteiger charge is -2.49. The predicted octanol–water partition coefficient (Wildman–Crippen LogP) is 5.41. The zero-order chi connectivity index (χ0) is 23.8. The first kappa shape index (κ1) is 23.2. The van der Waals surface area contributed by atoms with Crippen LogP contribution >= 0.6 is 0 Å². The van der Waals surface area contributed by atoms with Crippen LogP contribution in [0.15, 0.2) is 54.7 Å². The highest BCUT2D eigenvalue weighted by Crippen LogP contribution is 2.34. The number of hydrogen-bond acceptors (Lipinski definition) is 5. The van der Waals surface area contributed by atoms with Gasteiger partial charge in [0.1, 0.15) is 5.82 Å². The minimum atomic E-state index is -0.111. The second kappa shape index (κ2) is 8.75. The Hall–Kier alpha value is -2.99. The van der Waals surface area contributed by atoms with Crippen LogP contribution in [-0.4, -0.2) is 39.0 Å². The highest BCUT2D eigenvalue weighted by atomic mass is 16.2. The fraction of sp³-hybridized carbons (Fsp3) is 0.444. The van der Waals surface area contributed by atoms with Crippen LogP contribution in [0, 0.1) is 0 Å². The Morgan fingerprint density at radius 1 is 1.03 bits per heavy atom. The van der Waals surface area contributed by atoms with Crippen LogP contribution in [0.5, 0.6) is 0 Å². The van der Waals surface area contributed by atoms with E-state index in [4.69, 9.17) is 4.98 Å². The summed E-state index contributed by atoms with van der Waals surface area (Å²) in [5.41, 5.74) is 0.445. The van der Waals surface area contributed by atoms with Crippen LogP contribution in [-0.2, 0) is 0 Å². The number of carbonyl (C=O) groups excluding carboxylic acids is 1. The van der Waals surface area contributed by atoms with E-state index in [2.05, 4.69) is 49.4 Å². The van der Waals surface area contributed by atoms with Gasteiger partial charge in [-0.2, -0.15) is 4.98 Å². The van der Waals surface area contributed by atoms with Crippen molar-refractivity contribution in [2.45, 2.75) is 77.5 Å². The molecular weight excluding hydrogens is 410 g/mol. The number of rotatable bonds is 5. The van der Waals surface area contributed by atoms with Crippen molar-refractivity contribution in [2.24, 2.45) is 0 Å². The Bertz CT molecular complexity index is 1140. The van der Waals surface area contributed by atoms with Gasteiger partial charge in [-0.05, 0) is 83.4 Å². The number of hydrogen-bond donors (Lipinski definition) is 2. The first-order chi connectivity index (χ1) is 15.5. The number of nitrogens with zero attached hydrogens (tertiary/aromatic N) is 3. The van der Waals surface area contributed by atoms with Crippen LogP contribution in [0.4, 0.5) is 11.8 Å². The summed E-state index contributed by atoms with van der Waals surface area (Å²) in [6.45, 7) is 12.9. The van der Waals surface area contributed by atoms with Crippen molar-refractivity contribution in [3.8, 4) is 0 Å². The van der Waals surface area contributed by atoms with Crippen molar-refractivity contribution in [2.75, 3.05) is 10.2 Å². The number of amides is 1. The van der Waals surface area contributed by atoms with Crippen LogP contribution in [0.3, 0.4) is 0 Å². The molecule has 0 saturated carbocycles. The molecule has 6 nitrogen and oxygen atoms in total. The van der Waals surface area contributed by atoms with Crippen LogP contribution in [0.1, 0.15) is 64.7 Å². The van der Waals surface area contributed by atoms with Gasteiger partial charge in [0.05, 0.1) is 0 Å². The number of nitrogens with one attached hydrogen (secondary N) is 2. The van der Waals surface area contributed by atoms with E-state index in [0.29, 0.717) is 17.3 Å². The number of aromatic nitrogens is 2. The average molecular weight is 446 g/mol. The Labute approximate surface area is 196 Å². The van der Waals surface area contributed by atoms with Crippen molar-refractivity contribution in [3.63, 3.8) is 0 Å². The van der Waals surface area contributed by atoms with Crippen molar-refractivity contribution in [1.29, 1.82) is 0 Å². The summed E-state index contributed by atoms with van der Waals surface area (Å²) in [6.07, 6.45) is 3.38. The maximum absolute atomic E-state index is 14.1. The van der Waals surface area contributed by atoms with Crippen molar-refractivity contribution >= 4 is 28.4 Å². The lowest BCUT2D eigenvalue weighted by atomic mass is 9.79. The molecule has 0 radical (unpaired) electrons. The topological polar surface area (TPSA) is 70.2 Å². The Balaban J connectivity index is 1.79. The lowest BCUT2D eigenvalue weighted by Crippen LogP contribution is -2.63. The van der Waals surface area contributed by atoms with Gasteiger partial charge in [0.15, 0.2) is 0 Å². The third kappa shape index (κ3) is 5.33. The van der Waals surface area contributed by atoms with Gasteiger partial charge in [0.2, 0.25) is 5.95 Å². The van der Waals surface area contributed by atoms with Crippen LogP contribution < -0.4 is 15.5 Å². The third-order valence-electron chi connectivity index (χ3n) is 6.05. The van der Waals surface area contributed by atoms with Crippen molar-refractivity contribution in [1.82, 2.24) is 15.3 Å². The molecule has 4 rings (SSSR count). The predicted molar refractivity (Wildman–Crippen MR) is 136 cm³/mol. The Morgan fingerprint density at radius 3 is 2.36 bits per heavy atom. The van der Waals surface area contributed by atoms with E-state index in [1.54, 1.807) is 6.20 Å². The van der Waals surface area contributed by atoms with Gasteiger partial charge in [0.25, 0.3) is 5.91 Å². The van der Waals surface area contributed by atoms with E-state index in [1.165, 1.54) is 0 Å². The molecule has 0 aliphatic carbocycles. The number of benzene rings is 2. The molecule has 1 aliphatic rings. The summed E-state index contributed by atoms with van der Waals surface area (Å²) in [5.74, 6) is 1.13. The number of anilines is 2. The molecule has 174 valence electrons. The molecule has 0 unspecified atom stereocenters. The van der Waals surface area contributed by atoms with E-state index in [0.717, 1.165) is 23.6 Å². The van der Waals surface area contributed by atoms with E-state index < -0.39 is 0 Å². The van der Waals surface area contributed by atoms with Gasteiger partial charge in [-0.15, -0.1) is 0 Å². The minimum absolute atomic E-state index is 0.00276. The molecule has 1 aliphatic heterocycles. The summed E-state index contributed by atoms with van der Waals surface area (Å²) < 4.78 is 0. The van der Waals surface area contributed by atoms with Gasteiger partial charge in [-0.1, -0.05) is 30.3 Å². The second-order valence-electron chi connectivity index (χ2n) is 10.7. The van der Waals surface area contributed by atoms with E-state index in [9.17, 15) is 4.79 Å². The fourth-order valence-corrected chi connectivity index (χ4v) is 5.18. The van der Waals surface area contributed by atoms with E-state index in [1.807, 2.05) is 61.2 Å². The lowest BCUT2D eigenvalue weighted by molar-refractivity contribution is 0.0935. The number of fused-ring (bicyclic) bond motifs is 1. The van der Waals surface area contributed by atoms with Crippen LogP contribution in [0.25, 0.3) is 10.8 Å². The highest BCUT2D eigenvalue weighted by Gasteiger charge is 2.42. The monoisotopic (exact) mass is 445 g/mol. The molecule has 2 N–H and O–H groups in total. The molecule has 1 saturated heterocycles. The summed E-state index contributed by atoms with van der Waals surface area (Å²) in [4.78, 5) is 25.1. The fourth-order valence-electron chi connectivity index (χ4n) is 5.18. The highest BCUT2D eigenvalue weighted by molar-refractivity contribution is 6.08. The molecule has 1 amide bonds. The molecule has 0 spiro atoms. The Kier molecular flexibility index (Phi) is 6.14. The second-order valence-corrected chi connectivity index (χ2v) is 10.7. The van der Waals surface area contributed by atoms with Crippen molar-refractivity contribution < 1.29 is 4.79 Å². The van der Waals surface area contributed by atoms with Crippen molar-refractivity contribution in [3.05, 3.63) is 60.3 Å². The molecular formula is C27H35N5O.